The Balaban J connectivity index is 1.88. The molecule has 1 N–H and O–H groups in total. The van der Waals surface area contributed by atoms with Gasteiger partial charge >= 0.3 is 0 Å². The van der Waals surface area contributed by atoms with E-state index in [0.717, 1.165) is 17.3 Å². The molecule has 1 fully saturated rings. The summed E-state index contributed by atoms with van der Waals surface area (Å²) < 4.78 is 6.05. The molecule has 0 saturated heterocycles. The second-order valence-electron chi connectivity index (χ2n) is 5.98. The maximum Gasteiger partial charge on any atom is 0.134 e. The molecule has 0 bridgehead atoms. The third kappa shape index (κ3) is 2.55. The number of para-hydroxylation sites is 1. The van der Waals surface area contributed by atoms with E-state index in [1.165, 1.54) is 31.1 Å². The highest BCUT2D eigenvalue weighted by Crippen LogP contribution is 2.38. The molecule has 3 rings (SSSR count). The van der Waals surface area contributed by atoms with Crippen molar-refractivity contribution in [3.8, 4) is 0 Å². The van der Waals surface area contributed by atoms with Crippen molar-refractivity contribution in [2.45, 2.75) is 38.6 Å². The summed E-state index contributed by atoms with van der Waals surface area (Å²) in [4.78, 5) is 0. The summed E-state index contributed by atoms with van der Waals surface area (Å²) in [7, 11) is 2.05. The van der Waals surface area contributed by atoms with Gasteiger partial charge < -0.3 is 9.73 Å². The van der Waals surface area contributed by atoms with Crippen LogP contribution in [0.5, 0.6) is 0 Å². The Labute approximate surface area is 115 Å². The van der Waals surface area contributed by atoms with Crippen LogP contribution in [0.1, 0.15) is 44.4 Å². The molecule has 0 radical (unpaired) electrons. The lowest BCUT2D eigenvalue weighted by molar-refractivity contribution is 0.214. The van der Waals surface area contributed by atoms with Gasteiger partial charge in [0.2, 0.25) is 0 Å². The van der Waals surface area contributed by atoms with Crippen LogP contribution in [-0.2, 0) is 0 Å². The molecule has 0 amide bonds. The van der Waals surface area contributed by atoms with E-state index in [9.17, 15) is 0 Å². The van der Waals surface area contributed by atoms with E-state index in [-0.39, 0.29) is 0 Å². The highest BCUT2D eigenvalue weighted by atomic mass is 16.3. The van der Waals surface area contributed by atoms with Gasteiger partial charge in [0.05, 0.1) is 6.04 Å². The molecule has 1 heterocycles. The molecule has 19 heavy (non-hydrogen) atoms. The summed E-state index contributed by atoms with van der Waals surface area (Å²) in [5.41, 5.74) is 1.00. The minimum absolute atomic E-state index is 0.357. The zero-order valence-electron chi connectivity index (χ0n) is 11.9. The smallest absolute Gasteiger partial charge is 0.134 e. The second-order valence-corrected chi connectivity index (χ2v) is 5.98. The predicted molar refractivity (Wildman–Crippen MR) is 79.1 cm³/mol. The molecule has 2 heteroatoms. The molecule has 102 valence electrons. The minimum Gasteiger partial charge on any atom is -0.459 e. The Morgan fingerprint density at radius 1 is 1.26 bits per heavy atom. The first-order valence-electron chi connectivity index (χ1n) is 7.43. The first-order valence-corrected chi connectivity index (χ1v) is 7.43. The summed E-state index contributed by atoms with van der Waals surface area (Å²) in [5, 5.41) is 4.69. The Kier molecular flexibility index (Phi) is 3.61. The number of hydrogen-bond donors (Lipinski definition) is 1. The molecule has 2 nitrogen and oxygen atoms in total. The Morgan fingerprint density at radius 2 is 2.11 bits per heavy atom. The van der Waals surface area contributed by atoms with Gasteiger partial charge in [-0.1, -0.05) is 38.0 Å². The standard InChI is InChI=1S/C17H23NO/c1-12-6-5-8-14(10-12)17(18-2)16-11-13-7-3-4-9-15(13)19-16/h3-4,7,9,11-12,14,17-18H,5-6,8,10H2,1-2H3. The average molecular weight is 257 g/mol. The van der Waals surface area contributed by atoms with Crippen LogP contribution in [0.3, 0.4) is 0 Å². The van der Waals surface area contributed by atoms with Crippen molar-refractivity contribution in [1.29, 1.82) is 0 Å². The van der Waals surface area contributed by atoms with Crippen molar-refractivity contribution in [3.05, 3.63) is 36.1 Å². The van der Waals surface area contributed by atoms with Gasteiger partial charge in [0, 0.05) is 5.39 Å². The van der Waals surface area contributed by atoms with E-state index in [2.05, 4.69) is 43.6 Å². The van der Waals surface area contributed by atoms with Crippen LogP contribution in [0, 0.1) is 11.8 Å². The maximum absolute atomic E-state index is 6.05. The van der Waals surface area contributed by atoms with Gasteiger partial charge in [-0.2, -0.15) is 0 Å². The van der Waals surface area contributed by atoms with Gasteiger partial charge in [0.15, 0.2) is 0 Å². The first-order chi connectivity index (χ1) is 9.28. The summed E-state index contributed by atoms with van der Waals surface area (Å²) in [6.07, 6.45) is 5.35. The van der Waals surface area contributed by atoms with Crippen LogP contribution in [-0.4, -0.2) is 7.05 Å². The van der Waals surface area contributed by atoms with E-state index in [4.69, 9.17) is 4.42 Å². The lowest BCUT2D eigenvalue weighted by Crippen LogP contribution is -2.28. The Hall–Kier alpha value is -1.28. The van der Waals surface area contributed by atoms with Crippen molar-refractivity contribution in [2.24, 2.45) is 11.8 Å². The van der Waals surface area contributed by atoms with Crippen LogP contribution in [0.25, 0.3) is 11.0 Å². The van der Waals surface area contributed by atoms with Gasteiger partial charge in [-0.15, -0.1) is 0 Å². The Morgan fingerprint density at radius 3 is 2.84 bits per heavy atom. The molecule has 0 aliphatic heterocycles. The van der Waals surface area contributed by atoms with Crippen molar-refractivity contribution in [2.75, 3.05) is 7.05 Å². The zero-order valence-corrected chi connectivity index (χ0v) is 11.9. The summed E-state index contributed by atoms with van der Waals surface area (Å²) in [5.74, 6) is 2.65. The summed E-state index contributed by atoms with van der Waals surface area (Å²) in [6.45, 7) is 2.37. The van der Waals surface area contributed by atoms with E-state index in [0.29, 0.717) is 12.0 Å². The van der Waals surface area contributed by atoms with Gasteiger partial charge in [-0.25, -0.2) is 0 Å². The van der Waals surface area contributed by atoms with Crippen molar-refractivity contribution in [1.82, 2.24) is 5.32 Å². The molecule has 3 unspecified atom stereocenters. The molecule has 2 aromatic rings. The SMILES string of the molecule is CNC(c1cc2ccccc2o1)C1CCCC(C)C1. The quantitative estimate of drug-likeness (QED) is 0.874. The van der Waals surface area contributed by atoms with Crippen LogP contribution < -0.4 is 5.32 Å². The van der Waals surface area contributed by atoms with Gasteiger partial charge in [0.1, 0.15) is 11.3 Å². The largest absolute Gasteiger partial charge is 0.459 e. The van der Waals surface area contributed by atoms with Crippen LogP contribution in [0.15, 0.2) is 34.7 Å². The van der Waals surface area contributed by atoms with Crippen molar-refractivity contribution in [3.63, 3.8) is 0 Å². The van der Waals surface area contributed by atoms with Gasteiger partial charge in [0.25, 0.3) is 0 Å². The van der Waals surface area contributed by atoms with Crippen LogP contribution in [0.2, 0.25) is 0 Å². The van der Waals surface area contributed by atoms with Crippen molar-refractivity contribution < 1.29 is 4.42 Å². The lowest BCUT2D eigenvalue weighted by atomic mass is 9.78. The monoisotopic (exact) mass is 257 g/mol. The number of nitrogens with one attached hydrogen (secondary N) is 1. The van der Waals surface area contributed by atoms with Gasteiger partial charge in [-0.3, -0.25) is 0 Å². The zero-order chi connectivity index (χ0) is 13.2. The molecule has 1 aromatic carbocycles. The van der Waals surface area contributed by atoms with Gasteiger partial charge in [-0.05, 0) is 43.9 Å². The minimum atomic E-state index is 0.357. The second kappa shape index (κ2) is 5.38. The number of furan rings is 1. The topological polar surface area (TPSA) is 25.2 Å². The van der Waals surface area contributed by atoms with Crippen LogP contribution >= 0.6 is 0 Å². The number of fused-ring (bicyclic) bond motifs is 1. The fraction of sp³-hybridized carbons (Fsp3) is 0.529. The Bertz CT molecular complexity index is 512. The van der Waals surface area contributed by atoms with E-state index >= 15 is 0 Å². The maximum atomic E-state index is 6.05. The molecular weight excluding hydrogens is 234 g/mol. The lowest BCUT2D eigenvalue weighted by Gasteiger charge is -2.32. The summed E-state index contributed by atoms with van der Waals surface area (Å²) >= 11 is 0. The molecular formula is C17H23NO. The molecule has 1 aromatic heterocycles. The highest BCUT2D eigenvalue weighted by Gasteiger charge is 2.28. The van der Waals surface area contributed by atoms with Crippen LogP contribution in [0.4, 0.5) is 0 Å². The van der Waals surface area contributed by atoms with E-state index in [1.54, 1.807) is 0 Å². The number of rotatable bonds is 3. The number of benzene rings is 1. The van der Waals surface area contributed by atoms with E-state index < -0.39 is 0 Å². The molecule has 1 aliphatic rings. The average Bonchev–Trinajstić information content (AvgIpc) is 2.83. The summed E-state index contributed by atoms with van der Waals surface area (Å²) in [6, 6.07) is 10.8. The molecule has 3 atom stereocenters. The first kappa shape index (κ1) is 12.7. The fourth-order valence-electron chi connectivity index (χ4n) is 3.55. The number of hydrogen-bond acceptors (Lipinski definition) is 2. The molecule has 1 aliphatic carbocycles. The third-order valence-corrected chi connectivity index (χ3v) is 4.51. The van der Waals surface area contributed by atoms with Crippen molar-refractivity contribution >= 4 is 11.0 Å². The third-order valence-electron chi connectivity index (χ3n) is 4.51. The molecule has 0 spiro atoms. The van der Waals surface area contributed by atoms with E-state index in [1.807, 2.05) is 6.07 Å². The molecule has 1 saturated carbocycles. The fourth-order valence-corrected chi connectivity index (χ4v) is 3.55. The normalized spacial score (nSPS) is 25.6. The highest BCUT2D eigenvalue weighted by molar-refractivity contribution is 5.77. The predicted octanol–water partition coefficient (Wildman–Crippen LogP) is 4.52.